The quantitative estimate of drug-likeness (QED) is 0.778. The number of hydrogen-bond acceptors (Lipinski definition) is 4. The van der Waals surface area contributed by atoms with Gasteiger partial charge in [0.15, 0.2) is 0 Å². The average molecular weight is 268 g/mol. The van der Waals surface area contributed by atoms with Gasteiger partial charge in [0, 0.05) is 6.54 Å². The minimum absolute atomic E-state index is 0.0810. The van der Waals surface area contributed by atoms with Gasteiger partial charge in [-0.2, -0.15) is 0 Å². The summed E-state index contributed by atoms with van der Waals surface area (Å²) < 4.78 is 5.10. The van der Waals surface area contributed by atoms with Crippen molar-refractivity contribution in [1.29, 1.82) is 0 Å². The highest BCUT2D eigenvalue weighted by molar-refractivity contribution is 5.87. The molecule has 0 radical (unpaired) electrons. The molecule has 0 spiro atoms. The van der Waals surface area contributed by atoms with Crippen LogP contribution in [0.15, 0.2) is 0 Å². The van der Waals surface area contributed by atoms with Gasteiger partial charge < -0.3 is 15.0 Å². The normalized spacial score (nSPS) is 27.9. The lowest BCUT2D eigenvalue weighted by Gasteiger charge is -2.37. The fraction of sp³-hybridized carbons (Fsp3) is 0.857. The van der Waals surface area contributed by atoms with Crippen molar-refractivity contribution in [2.75, 3.05) is 19.7 Å². The van der Waals surface area contributed by atoms with E-state index in [0.29, 0.717) is 13.2 Å². The lowest BCUT2D eigenvalue weighted by atomic mass is 9.98. The Balaban J connectivity index is 2.01. The van der Waals surface area contributed by atoms with Gasteiger partial charge >= 0.3 is 5.97 Å². The molecule has 2 fully saturated rings. The van der Waals surface area contributed by atoms with Crippen molar-refractivity contribution in [1.82, 2.24) is 10.2 Å². The zero-order valence-corrected chi connectivity index (χ0v) is 11.7. The third-order valence-electron chi connectivity index (χ3n) is 3.95. The molecule has 19 heavy (non-hydrogen) atoms. The lowest BCUT2D eigenvalue weighted by Crippen LogP contribution is -2.55. The first-order chi connectivity index (χ1) is 9.24. The van der Waals surface area contributed by atoms with Crippen molar-refractivity contribution < 1.29 is 14.3 Å². The van der Waals surface area contributed by atoms with Crippen molar-refractivity contribution in [3.05, 3.63) is 0 Å². The first kappa shape index (κ1) is 14.3. The molecule has 1 N–H and O–H groups in total. The summed E-state index contributed by atoms with van der Waals surface area (Å²) in [7, 11) is 0. The predicted octanol–water partition coefficient (Wildman–Crippen LogP) is 1.07. The van der Waals surface area contributed by atoms with E-state index in [1.165, 1.54) is 0 Å². The van der Waals surface area contributed by atoms with Crippen LogP contribution in [-0.4, -0.2) is 48.6 Å². The van der Waals surface area contributed by atoms with Crippen LogP contribution in [0.25, 0.3) is 0 Å². The number of amides is 1. The standard InChI is InChI=1S/C14H24N2O3/c1-2-19-14(18)12-8-4-6-10-16(12)13(17)11-7-3-5-9-15-11/h11-12,15H,2-10H2,1H3/t11-,12?/m0/s1. The number of hydrogen-bond donors (Lipinski definition) is 1. The minimum Gasteiger partial charge on any atom is -0.464 e. The molecule has 0 aromatic carbocycles. The van der Waals surface area contributed by atoms with Gasteiger partial charge in [-0.15, -0.1) is 0 Å². The summed E-state index contributed by atoms with van der Waals surface area (Å²) in [5, 5.41) is 3.26. The molecule has 2 heterocycles. The molecular formula is C14H24N2O3. The SMILES string of the molecule is CCOC(=O)C1CCCCN1C(=O)[C@@H]1CCCCN1. The van der Waals surface area contributed by atoms with Crippen LogP contribution in [0, 0.1) is 0 Å². The topological polar surface area (TPSA) is 58.6 Å². The van der Waals surface area contributed by atoms with Gasteiger partial charge in [0.05, 0.1) is 12.6 Å². The zero-order chi connectivity index (χ0) is 13.7. The number of piperidine rings is 2. The van der Waals surface area contributed by atoms with Gasteiger partial charge in [-0.3, -0.25) is 4.79 Å². The van der Waals surface area contributed by atoms with Crippen molar-refractivity contribution in [3.63, 3.8) is 0 Å². The number of carbonyl (C=O) groups excluding carboxylic acids is 2. The summed E-state index contributed by atoms with van der Waals surface area (Å²) in [6.45, 7) is 3.75. The minimum atomic E-state index is -0.370. The van der Waals surface area contributed by atoms with Crippen LogP contribution in [0.5, 0.6) is 0 Å². The van der Waals surface area contributed by atoms with Crippen LogP contribution >= 0.6 is 0 Å². The number of nitrogens with one attached hydrogen (secondary N) is 1. The number of esters is 1. The predicted molar refractivity (Wildman–Crippen MR) is 71.6 cm³/mol. The molecule has 5 heteroatoms. The number of nitrogens with zero attached hydrogens (tertiary/aromatic N) is 1. The molecule has 2 rings (SSSR count). The van der Waals surface area contributed by atoms with E-state index in [2.05, 4.69) is 5.32 Å². The maximum absolute atomic E-state index is 12.5. The molecule has 0 aromatic rings. The maximum Gasteiger partial charge on any atom is 0.328 e. The van der Waals surface area contributed by atoms with Crippen molar-refractivity contribution in [3.8, 4) is 0 Å². The van der Waals surface area contributed by atoms with E-state index >= 15 is 0 Å². The molecule has 2 saturated heterocycles. The van der Waals surface area contributed by atoms with E-state index in [-0.39, 0.29) is 24.0 Å². The molecule has 5 nitrogen and oxygen atoms in total. The van der Waals surface area contributed by atoms with Gasteiger partial charge in [0.25, 0.3) is 0 Å². The average Bonchev–Trinajstić information content (AvgIpc) is 2.47. The van der Waals surface area contributed by atoms with Crippen molar-refractivity contribution in [2.24, 2.45) is 0 Å². The third kappa shape index (κ3) is 3.47. The summed E-state index contributed by atoms with van der Waals surface area (Å²) in [6, 6.07) is -0.478. The van der Waals surface area contributed by atoms with Gasteiger partial charge in [-0.25, -0.2) is 4.79 Å². The zero-order valence-electron chi connectivity index (χ0n) is 11.7. The fourth-order valence-corrected chi connectivity index (χ4v) is 2.94. The van der Waals surface area contributed by atoms with Gasteiger partial charge in [0.2, 0.25) is 5.91 Å². The van der Waals surface area contributed by atoms with Crippen LogP contribution in [0.1, 0.15) is 45.4 Å². The van der Waals surface area contributed by atoms with Crippen molar-refractivity contribution in [2.45, 2.75) is 57.5 Å². The largest absolute Gasteiger partial charge is 0.464 e. The van der Waals surface area contributed by atoms with Gasteiger partial charge in [0.1, 0.15) is 6.04 Å². The Morgan fingerprint density at radius 3 is 2.68 bits per heavy atom. The summed E-state index contributed by atoms with van der Waals surface area (Å²) >= 11 is 0. The number of likely N-dealkylation sites (tertiary alicyclic amines) is 1. The van der Waals surface area contributed by atoms with Crippen LogP contribution in [0.3, 0.4) is 0 Å². The van der Waals surface area contributed by atoms with E-state index in [4.69, 9.17) is 4.74 Å². The maximum atomic E-state index is 12.5. The monoisotopic (exact) mass is 268 g/mol. The second-order valence-corrected chi connectivity index (χ2v) is 5.30. The number of rotatable bonds is 3. The van der Waals surface area contributed by atoms with Crippen molar-refractivity contribution >= 4 is 11.9 Å². The smallest absolute Gasteiger partial charge is 0.328 e. The van der Waals surface area contributed by atoms with Gasteiger partial charge in [-0.1, -0.05) is 6.42 Å². The molecule has 2 atom stereocenters. The fourth-order valence-electron chi connectivity index (χ4n) is 2.94. The third-order valence-corrected chi connectivity index (χ3v) is 3.95. The molecule has 2 aliphatic rings. The van der Waals surface area contributed by atoms with E-state index in [9.17, 15) is 9.59 Å². The first-order valence-electron chi connectivity index (χ1n) is 7.44. The van der Waals surface area contributed by atoms with E-state index < -0.39 is 0 Å². The molecule has 0 saturated carbocycles. The first-order valence-corrected chi connectivity index (χ1v) is 7.44. The Hall–Kier alpha value is -1.10. The highest BCUT2D eigenvalue weighted by Crippen LogP contribution is 2.21. The number of carbonyl (C=O) groups is 2. The molecule has 2 aliphatic heterocycles. The molecule has 0 bridgehead atoms. The Kier molecular flexibility index (Phi) is 5.19. The van der Waals surface area contributed by atoms with E-state index in [1.807, 2.05) is 0 Å². The van der Waals surface area contributed by atoms with Crippen LogP contribution in [-0.2, 0) is 14.3 Å². The summed E-state index contributed by atoms with van der Waals surface area (Å²) in [4.78, 5) is 26.2. The second kappa shape index (κ2) is 6.89. The van der Waals surface area contributed by atoms with Crippen LogP contribution in [0.4, 0.5) is 0 Å². The highest BCUT2D eigenvalue weighted by Gasteiger charge is 2.36. The Morgan fingerprint density at radius 1 is 1.21 bits per heavy atom. The molecule has 0 aromatic heterocycles. The van der Waals surface area contributed by atoms with Gasteiger partial charge in [-0.05, 0) is 45.6 Å². The molecular weight excluding hydrogens is 244 g/mol. The van der Waals surface area contributed by atoms with E-state index in [0.717, 1.165) is 45.1 Å². The molecule has 1 amide bonds. The van der Waals surface area contributed by atoms with Crippen LogP contribution < -0.4 is 5.32 Å². The Labute approximate surface area is 114 Å². The Bertz CT molecular complexity index is 327. The number of ether oxygens (including phenoxy) is 1. The molecule has 1 unspecified atom stereocenters. The molecule has 0 aliphatic carbocycles. The lowest BCUT2D eigenvalue weighted by molar-refractivity contribution is -0.157. The summed E-state index contributed by atoms with van der Waals surface area (Å²) in [5.41, 5.74) is 0. The summed E-state index contributed by atoms with van der Waals surface area (Å²) in [5.74, 6) is -0.163. The van der Waals surface area contributed by atoms with E-state index in [1.54, 1.807) is 11.8 Å². The molecule has 108 valence electrons. The second-order valence-electron chi connectivity index (χ2n) is 5.30. The highest BCUT2D eigenvalue weighted by atomic mass is 16.5. The summed E-state index contributed by atoms with van der Waals surface area (Å²) in [6.07, 6.45) is 5.80. The van der Waals surface area contributed by atoms with Crippen LogP contribution in [0.2, 0.25) is 0 Å². The Morgan fingerprint density at radius 2 is 2.00 bits per heavy atom.